The smallest absolute Gasteiger partial charge is 0.229 e. The van der Waals surface area contributed by atoms with E-state index in [4.69, 9.17) is 0 Å². The SMILES string of the molecule is CS(=O)(=O)Nc1ccccc1-c1ccc2c(c1)N(Cc1c[nH]cn1)CC2. The second-order valence-electron chi connectivity index (χ2n) is 6.50. The van der Waals surface area contributed by atoms with Gasteiger partial charge in [-0.05, 0) is 29.7 Å². The quantitative estimate of drug-likeness (QED) is 0.726. The third kappa shape index (κ3) is 3.43. The minimum Gasteiger partial charge on any atom is -0.365 e. The van der Waals surface area contributed by atoms with Crippen LogP contribution in [0.25, 0.3) is 11.1 Å². The summed E-state index contributed by atoms with van der Waals surface area (Å²) in [7, 11) is -3.34. The number of hydrogen-bond acceptors (Lipinski definition) is 4. The number of nitrogens with zero attached hydrogens (tertiary/aromatic N) is 2. The Bertz CT molecular complexity index is 1030. The minimum atomic E-state index is -3.34. The standard InChI is InChI=1S/C19H20N4O2S/c1-26(24,25)22-18-5-3-2-4-17(18)15-7-6-14-8-9-23(19(14)10-15)12-16-11-20-13-21-16/h2-7,10-11,13,22H,8-9,12H2,1H3,(H,20,21). The largest absolute Gasteiger partial charge is 0.365 e. The molecule has 0 radical (unpaired) electrons. The number of aromatic nitrogens is 2. The molecule has 0 amide bonds. The first kappa shape index (κ1) is 16.7. The fraction of sp³-hybridized carbons (Fsp3) is 0.211. The molecule has 0 spiro atoms. The van der Waals surface area contributed by atoms with Crippen LogP contribution in [0, 0.1) is 0 Å². The van der Waals surface area contributed by atoms with Gasteiger partial charge in [0.05, 0.1) is 30.5 Å². The van der Waals surface area contributed by atoms with Crippen LogP contribution in [-0.4, -0.2) is 31.2 Å². The maximum atomic E-state index is 11.7. The molecular weight excluding hydrogens is 348 g/mol. The molecule has 4 rings (SSSR count). The Labute approximate surface area is 152 Å². The number of anilines is 2. The number of benzene rings is 2. The molecule has 2 heterocycles. The van der Waals surface area contributed by atoms with Crippen molar-refractivity contribution in [1.29, 1.82) is 0 Å². The van der Waals surface area contributed by atoms with Crippen molar-refractivity contribution in [2.75, 3.05) is 22.4 Å². The number of fused-ring (bicyclic) bond motifs is 1. The zero-order chi connectivity index (χ0) is 18.1. The van der Waals surface area contributed by atoms with Gasteiger partial charge in [-0.1, -0.05) is 30.3 Å². The zero-order valence-corrected chi connectivity index (χ0v) is 15.3. The molecule has 0 unspecified atom stereocenters. The van der Waals surface area contributed by atoms with Crippen LogP contribution >= 0.6 is 0 Å². The predicted molar refractivity (Wildman–Crippen MR) is 104 cm³/mol. The molecule has 26 heavy (non-hydrogen) atoms. The molecule has 3 aromatic rings. The van der Waals surface area contributed by atoms with Gasteiger partial charge >= 0.3 is 0 Å². The Balaban J connectivity index is 1.70. The van der Waals surface area contributed by atoms with Crippen LogP contribution in [0.5, 0.6) is 0 Å². The van der Waals surface area contributed by atoms with E-state index in [1.165, 1.54) is 11.3 Å². The van der Waals surface area contributed by atoms with E-state index in [0.29, 0.717) is 5.69 Å². The van der Waals surface area contributed by atoms with Crippen LogP contribution in [0.3, 0.4) is 0 Å². The van der Waals surface area contributed by atoms with Gasteiger partial charge in [0.15, 0.2) is 0 Å². The monoisotopic (exact) mass is 368 g/mol. The minimum absolute atomic E-state index is 0.590. The van der Waals surface area contributed by atoms with Crippen molar-refractivity contribution in [2.45, 2.75) is 13.0 Å². The van der Waals surface area contributed by atoms with Gasteiger partial charge in [-0.2, -0.15) is 0 Å². The second kappa shape index (κ2) is 6.49. The highest BCUT2D eigenvalue weighted by atomic mass is 32.2. The van der Waals surface area contributed by atoms with Gasteiger partial charge in [0.2, 0.25) is 10.0 Å². The first-order chi connectivity index (χ1) is 12.5. The van der Waals surface area contributed by atoms with Crippen LogP contribution in [0.2, 0.25) is 0 Å². The van der Waals surface area contributed by atoms with E-state index in [1.807, 2.05) is 24.4 Å². The van der Waals surface area contributed by atoms with Crippen molar-refractivity contribution in [2.24, 2.45) is 0 Å². The maximum Gasteiger partial charge on any atom is 0.229 e. The fourth-order valence-electron chi connectivity index (χ4n) is 3.37. The zero-order valence-electron chi connectivity index (χ0n) is 14.4. The summed E-state index contributed by atoms with van der Waals surface area (Å²) in [6, 6.07) is 13.8. The van der Waals surface area contributed by atoms with Crippen LogP contribution in [-0.2, 0) is 23.0 Å². The van der Waals surface area contributed by atoms with Crippen LogP contribution < -0.4 is 9.62 Å². The summed E-state index contributed by atoms with van der Waals surface area (Å²) in [6.07, 6.45) is 5.77. The van der Waals surface area contributed by atoms with Crippen molar-refractivity contribution in [3.05, 3.63) is 66.2 Å². The number of sulfonamides is 1. The van der Waals surface area contributed by atoms with Crippen LogP contribution in [0.15, 0.2) is 55.0 Å². The summed E-state index contributed by atoms with van der Waals surface area (Å²) in [5, 5.41) is 0. The molecule has 0 saturated heterocycles. The van der Waals surface area contributed by atoms with E-state index in [1.54, 1.807) is 12.4 Å². The first-order valence-corrected chi connectivity index (χ1v) is 10.3. The molecular formula is C19H20N4O2S. The summed E-state index contributed by atoms with van der Waals surface area (Å²) >= 11 is 0. The molecule has 1 aliphatic heterocycles. The molecule has 134 valence electrons. The lowest BCUT2D eigenvalue weighted by atomic mass is 10.0. The molecule has 7 heteroatoms. The van der Waals surface area contributed by atoms with Gasteiger partial charge in [0, 0.05) is 24.0 Å². The number of para-hydroxylation sites is 1. The van der Waals surface area contributed by atoms with E-state index >= 15 is 0 Å². The highest BCUT2D eigenvalue weighted by Gasteiger charge is 2.21. The molecule has 0 fully saturated rings. The normalized spacial score (nSPS) is 13.7. The fourth-order valence-corrected chi connectivity index (χ4v) is 3.95. The lowest BCUT2D eigenvalue weighted by Gasteiger charge is -2.19. The molecule has 0 aliphatic carbocycles. The number of hydrogen-bond donors (Lipinski definition) is 2. The number of rotatable bonds is 5. The summed E-state index contributed by atoms with van der Waals surface area (Å²) in [4.78, 5) is 9.61. The highest BCUT2D eigenvalue weighted by Crippen LogP contribution is 2.36. The maximum absolute atomic E-state index is 11.7. The van der Waals surface area contributed by atoms with E-state index < -0.39 is 10.0 Å². The van der Waals surface area contributed by atoms with Gasteiger partial charge in [-0.25, -0.2) is 13.4 Å². The molecule has 2 aromatic carbocycles. The van der Waals surface area contributed by atoms with E-state index in [0.717, 1.165) is 42.6 Å². The predicted octanol–water partition coefficient (Wildman–Crippen LogP) is 3.01. The Morgan fingerprint density at radius 2 is 2.08 bits per heavy atom. The molecule has 0 atom stereocenters. The number of nitrogens with one attached hydrogen (secondary N) is 2. The number of imidazole rings is 1. The Hall–Kier alpha value is -2.80. The average Bonchev–Trinajstić information content (AvgIpc) is 3.24. The van der Waals surface area contributed by atoms with Crippen molar-refractivity contribution in [3.8, 4) is 11.1 Å². The highest BCUT2D eigenvalue weighted by molar-refractivity contribution is 7.92. The molecule has 6 nitrogen and oxygen atoms in total. The third-order valence-corrected chi connectivity index (χ3v) is 5.11. The molecule has 0 bridgehead atoms. The van der Waals surface area contributed by atoms with E-state index in [2.05, 4.69) is 37.8 Å². The van der Waals surface area contributed by atoms with Crippen LogP contribution in [0.4, 0.5) is 11.4 Å². The summed E-state index contributed by atoms with van der Waals surface area (Å²) in [6.45, 7) is 1.71. The van der Waals surface area contributed by atoms with Crippen molar-refractivity contribution in [1.82, 2.24) is 9.97 Å². The lowest BCUT2D eigenvalue weighted by molar-refractivity contribution is 0.607. The molecule has 1 aromatic heterocycles. The first-order valence-electron chi connectivity index (χ1n) is 8.42. The van der Waals surface area contributed by atoms with E-state index in [-0.39, 0.29) is 0 Å². The Morgan fingerprint density at radius 3 is 2.85 bits per heavy atom. The molecule has 2 N–H and O–H groups in total. The van der Waals surface area contributed by atoms with Crippen molar-refractivity contribution >= 4 is 21.4 Å². The van der Waals surface area contributed by atoms with Gasteiger partial charge in [0.25, 0.3) is 0 Å². The van der Waals surface area contributed by atoms with Crippen molar-refractivity contribution < 1.29 is 8.42 Å². The Kier molecular flexibility index (Phi) is 4.16. The van der Waals surface area contributed by atoms with Gasteiger partial charge in [-0.15, -0.1) is 0 Å². The number of H-pyrrole nitrogens is 1. The van der Waals surface area contributed by atoms with E-state index in [9.17, 15) is 8.42 Å². The number of aromatic amines is 1. The molecule has 0 saturated carbocycles. The summed E-state index contributed by atoms with van der Waals surface area (Å²) in [5.74, 6) is 0. The third-order valence-electron chi connectivity index (χ3n) is 4.52. The van der Waals surface area contributed by atoms with Gasteiger partial charge in [-0.3, -0.25) is 4.72 Å². The molecule has 1 aliphatic rings. The Morgan fingerprint density at radius 1 is 1.23 bits per heavy atom. The van der Waals surface area contributed by atoms with Gasteiger partial charge < -0.3 is 9.88 Å². The van der Waals surface area contributed by atoms with Crippen molar-refractivity contribution in [3.63, 3.8) is 0 Å². The average molecular weight is 368 g/mol. The van der Waals surface area contributed by atoms with Crippen LogP contribution in [0.1, 0.15) is 11.3 Å². The summed E-state index contributed by atoms with van der Waals surface area (Å²) < 4.78 is 26.0. The summed E-state index contributed by atoms with van der Waals surface area (Å²) in [5.41, 5.74) is 5.93. The topological polar surface area (TPSA) is 78.1 Å². The van der Waals surface area contributed by atoms with Gasteiger partial charge in [0.1, 0.15) is 0 Å². The second-order valence-corrected chi connectivity index (χ2v) is 8.24. The lowest BCUT2D eigenvalue weighted by Crippen LogP contribution is -2.19.